The number of aromatic carboxylic acids is 1. The van der Waals surface area contributed by atoms with Gasteiger partial charge in [0.25, 0.3) is 0 Å². The van der Waals surface area contributed by atoms with E-state index in [-0.39, 0.29) is 11.3 Å². The van der Waals surface area contributed by atoms with Crippen molar-refractivity contribution in [3.8, 4) is 45.6 Å². The second-order valence-electron chi connectivity index (χ2n) is 15.2. The van der Waals surface area contributed by atoms with Crippen molar-refractivity contribution in [1.29, 1.82) is 0 Å². The normalized spacial score (nSPS) is 11.3. The molecule has 408 valence electrons. The summed E-state index contributed by atoms with van der Waals surface area (Å²) in [5.74, 6) is -81.2. The Morgan fingerprint density at radius 1 is 0.354 bits per heavy atom. The first kappa shape index (κ1) is 56.4. The van der Waals surface area contributed by atoms with E-state index in [1.807, 2.05) is 36.4 Å². The van der Waals surface area contributed by atoms with Gasteiger partial charge < -0.3 is 32.9 Å². The van der Waals surface area contributed by atoms with Crippen molar-refractivity contribution in [2.75, 3.05) is 0 Å². The molecule has 0 fully saturated rings. The van der Waals surface area contributed by atoms with Crippen LogP contribution in [-0.4, -0.2) is 5.97 Å². The van der Waals surface area contributed by atoms with E-state index >= 15 is 8.78 Å². The lowest BCUT2D eigenvalue weighted by atomic mass is 9.95. The van der Waals surface area contributed by atoms with Gasteiger partial charge in [0.15, 0.2) is 41.9 Å². The summed E-state index contributed by atoms with van der Waals surface area (Å²) in [6, 6.07) is 17.5. The Morgan fingerprint density at radius 3 is 1.01 bits per heavy atom. The Balaban J connectivity index is 0.000000294. The fourth-order valence-corrected chi connectivity index (χ4v) is 9.09. The summed E-state index contributed by atoms with van der Waals surface area (Å²) < 4.78 is 314. The number of hydrogen-bond donors (Lipinski definition) is 0. The van der Waals surface area contributed by atoms with Gasteiger partial charge in [0.1, 0.15) is 11.2 Å². The van der Waals surface area contributed by atoms with Crippen LogP contribution in [0, 0.1) is 123 Å². The highest BCUT2D eigenvalue weighted by Crippen LogP contribution is 2.54. The maximum atomic E-state index is 15.2. The highest BCUT2D eigenvalue weighted by Gasteiger charge is 2.39. The number of rotatable bonds is 10. The summed E-state index contributed by atoms with van der Waals surface area (Å²) in [5, 5.41) is 14.1. The lowest BCUT2D eigenvalue weighted by Crippen LogP contribution is -3.61. The molecule has 79 heavy (non-hydrogen) atoms. The van der Waals surface area contributed by atoms with Gasteiger partial charge in [-0.1, -0.05) is 0 Å². The predicted molar refractivity (Wildman–Crippen MR) is 217 cm³/mol. The Bertz CT molecular complexity index is 4000. The fraction of sp³-hybridized carbons (Fsp3) is 0. The molecule has 0 saturated carbocycles. The summed E-state index contributed by atoms with van der Waals surface area (Å²) in [6.07, 6.45) is 0. The third kappa shape index (κ3) is 10.2. The van der Waals surface area contributed by atoms with Gasteiger partial charge in [-0.3, -0.25) is 0 Å². The average Bonchev–Trinajstić information content (AvgIpc) is 3.56. The molecule has 0 aliphatic carbocycles. The van der Waals surface area contributed by atoms with Gasteiger partial charge in [0.2, 0.25) is 116 Å². The van der Waals surface area contributed by atoms with Gasteiger partial charge in [-0.05, 0) is 42.5 Å². The molecule has 30 heteroatoms. The monoisotopic (exact) mass is 1250 g/mol. The van der Waals surface area contributed by atoms with Gasteiger partial charge in [0, 0.05) is 46.2 Å². The molecule has 0 bridgehead atoms. The highest BCUT2D eigenvalue weighted by molar-refractivity contribution is 5.99. The Kier molecular flexibility index (Phi) is 15.4. The van der Waals surface area contributed by atoms with Crippen molar-refractivity contribution in [2.45, 2.75) is 0 Å². The molecule has 9 nitrogen and oxygen atoms in total. The first-order valence-electron chi connectivity index (χ1n) is 20.4. The number of benzene rings is 7. The number of halogens is 21. The lowest BCUT2D eigenvalue weighted by Gasteiger charge is -2.24. The molecule has 0 atom stereocenters. The van der Waals surface area contributed by atoms with Crippen LogP contribution in [-0.2, 0) is 0 Å². The number of hydrogen-bond acceptors (Lipinski definition) is 9. The van der Waals surface area contributed by atoms with E-state index in [1.54, 1.807) is 12.1 Å². The first-order chi connectivity index (χ1) is 37.1. The molecule has 0 spiro atoms. The molecular formula is C49H11F20IO9. The molecule has 2 aromatic heterocycles. The minimum Gasteiger partial charge on any atom is -0.545 e. The fourth-order valence-electron chi connectivity index (χ4n) is 6.77. The average molecular weight is 1250 g/mol. The van der Waals surface area contributed by atoms with Crippen molar-refractivity contribution in [1.82, 2.24) is 0 Å². The van der Waals surface area contributed by atoms with Crippen molar-refractivity contribution in [3.63, 3.8) is 0 Å². The zero-order valence-electron chi connectivity index (χ0n) is 37.0. The summed E-state index contributed by atoms with van der Waals surface area (Å²) in [7, 11) is 0. The van der Waals surface area contributed by atoms with Crippen molar-refractivity contribution in [3.05, 3.63) is 217 Å². The van der Waals surface area contributed by atoms with E-state index in [4.69, 9.17) is 8.83 Å². The van der Waals surface area contributed by atoms with E-state index in [1.165, 1.54) is 12.1 Å². The molecule has 7 aromatic carbocycles. The van der Waals surface area contributed by atoms with E-state index in [0.717, 1.165) is 17.9 Å². The zero-order valence-corrected chi connectivity index (χ0v) is 39.1. The van der Waals surface area contributed by atoms with Crippen LogP contribution >= 0.6 is 0 Å². The Labute approximate surface area is 430 Å². The Hall–Kier alpha value is -8.84. The zero-order chi connectivity index (χ0) is 58.0. The highest BCUT2D eigenvalue weighted by atomic mass is 127. The molecule has 0 amide bonds. The van der Waals surface area contributed by atoms with Gasteiger partial charge in [-0.15, -0.1) is 0 Å². The maximum Gasteiger partial charge on any atom is 0.358 e. The molecule has 2 heterocycles. The van der Waals surface area contributed by atoms with Crippen LogP contribution in [0.5, 0.6) is 34.5 Å². The molecule has 9 aromatic rings. The Morgan fingerprint density at radius 2 is 0.658 bits per heavy atom. The molecule has 0 radical (unpaired) electrons. The van der Waals surface area contributed by atoms with E-state index in [0.29, 0.717) is 11.2 Å². The number of carbonyl (C=O) groups is 1. The third-order valence-corrected chi connectivity index (χ3v) is 13.0. The van der Waals surface area contributed by atoms with E-state index in [9.17, 15) is 98.5 Å². The number of carboxylic acid groups (broad SMARTS) is 1. The molecule has 0 unspecified atom stereocenters. The van der Waals surface area contributed by atoms with Crippen LogP contribution < -0.4 is 51.8 Å². The second-order valence-corrected chi connectivity index (χ2v) is 18.2. The summed E-state index contributed by atoms with van der Waals surface area (Å²) in [5.41, 5.74) is -7.20. The smallest absolute Gasteiger partial charge is 0.358 e. The SMILES string of the molecule is O=C([O-])c1cc(Oc2c(F)c(F)c(F)c(F)c2F)c(Oc2c(F)c(F)c(F)c(F)c2F)c(Oc2c(F)c(F)c(F)c(F)c2F)c1-c1c(F)c(F)c(F)c(F)c1F.O=c1ccc2ccc([I+]c3ccc4ccc(=O)oc4c3)cc2o1. The van der Waals surface area contributed by atoms with Crippen LogP contribution in [0.25, 0.3) is 33.1 Å². The number of fused-ring (bicyclic) bond motifs is 2. The molecular weight excluding hydrogens is 1240 g/mol. The molecule has 0 saturated heterocycles. The van der Waals surface area contributed by atoms with Crippen molar-refractivity contribution >= 4 is 27.9 Å². The number of ether oxygens (including phenoxy) is 3. The van der Waals surface area contributed by atoms with Crippen molar-refractivity contribution < 1.29 is 142 Å². The van der Waals surface area contributed by atoms with Crippen LogP contribution in [0.15, 0.2) is 85.2 Å². The standard InChI is InChI=1S/C31H2F20O5.C18H10IO4/c32-6-5(7(33)9(35)10(36)8(6)34)4-2(31(52)53)1-3(54-28-20(46)14(40)11(37)15(41)21(28)47)26(55-29-22(48)16(42)12(38)17(43)23(29)49)27(4)56-30-24(50)18(44)13(39)19(45)25(30)51;20-17-7-3-11-1-5-13(9-15(11)22-17)19-14-6-2-12-4-8-18(21)23-16(12)10-14/h1H,(H,52,53);1-10H/q;+1/p-1. The minimum atomic E-state index is -3.17. The second kappa shape index (κ2) is 21.5. The topological polar surface area (TPSA) is 128 Å². The molecule has 0 aliphatic rings. The third-order valence-electron chi connectivity index (χ3n) is 10.4. The summed E-state index contributed by atoms with van der Waals surface area (Å²) in [4.78, 5) is 34.9. The summed E-state index contributed by atoms with van der Waals surface area (Å²) >= 11 is -0.465. The maximum absolute atomic E-state index is 15.2. The van der Waals surface area contributed by atoms with Crippen molar-refractivity contribution in [2.24, 2.45) is 0 Å². The molecule has 0 aliphatic heterocycles. The molecule has 0 N–H and O–H groups in total. The molecule has 9 rings (SSSR count). The quantitative estimate of drug-likeness (QED) is 0.0432. The number of carboxylic acids is 1. The van der Waals surface area contributed by atoms with Gasteiger partial charge in [0.05, 0.1) is 11.5 Å². The lowest BCUT2D eigenvalue weighted by molar-refractivity contribution is -0.597. The van der Waals surface area contributed by atoms with Crippen LogP contribution in [0.2, 0.25) is 0 Å². The van der Waals surface area contributed by atoms with Gasteiger partial charge in [-0.2, -0.15) is 26.3 Å². The van der Waals surface area contributed by atoms with Gasteiger partial charge in [-0.25, -0.2) is 71.1 Å². The minimum absolute atomic E-state index is 0.347. The number of carbonyl (C=O) groups excluding carboxylic acids is 1. The van der Waals surface area contributed by atoms with Crippen LogP contribution in [0.1, 0.15) is 10.4 Å². The van der Waals surface area contributed by atoms with Gasteiger partial charge >= 0.3 is 32.5 Å². The van der Waals surface area contributed by atoms with E-state index < -0.39 is 201 Å². The van der Waals surface area contributed by atoms with Crippen LogP contribution in [0.3, 0.4) is 0 Å². The van der Waals surface area contributed by atoms with E-state index in [2.05, 4.69) is 14.2 Å². The predicted octanol–water partition coefficient (Wildman–Crippen LogP) is 9.90. The summed E-state index contributed by atoms with van der Waals surface area (Å²) in [6.45, 7) is 0. The first-order valence-corrected chi connectivity index (χ1v) is 22.5. The van der Waals surface area contributed by atoms with Crippen LogP contribution in [0.4, 0.5) is 87.8 Å². The largest absolute Gasteiger partial charge is 0.545 e.